The zero-order valence-electron chi connectivity index (χ0n) is 13.7. The molecule has 0 fully saturated rings. The number of hydrogen-bond donors (Lipinski definition) is 0. The normalized spacial score (nSPS) is 14.4. The first-order valence-corrected chi connectivity index (χ1v) is 8.00. The van der Waals surface area contributed by atoms with Gasteiger partial charge in [0.15, 0.2) is 0 Å². The molecular formula is C22H19F. The van der Waals surface area contributed by atoms with E-state index in [4.69, 9.17) is 0 Å². The number of rotatable bonds is 1. The molecule has 3 aromatic carbocycles. The smallest absolute Gasteiger partial charge is 0.126 e. The van der Waals surface area contributed by atoms with Crippen LogP contribution in [0.1, 0.15) is 30.5 Å². The van der Waals surface area contributed by atoms with E-state index in [0.29, 0.717) is 5.56 Å². The van der Waals surface area contributed by atoms with Gasteiger partial charge in [-0.3, -0.25) is 0 Å². The Morgan fingerprint density at radius 1 is 0.783 bits per heavy atom. The molecule has 0 radical (unpaired) electrons. The van der Waals surface area contributed by atoms with Crippen molar-refractivity contribution >= 4 is 0 Å². The third kappa shape index (κ3) is 1.96. The van der Waals surface area contributed by atoms with Crippen molar-refractivity contribution < 1.29 is 4.39 Å². The Morgan fingerprint density at radius 2 is 1.48 bits per heavy atom. The molecule has 1 aliphatic rings. The maximum Gasteiger partial charge on any atom is 0.126 e. The van der Waals surface area contributed by atoms with Gasteiger partial charge in [-0.2, -0.15) is 0 Å². The summed E-state index contributed by atoms with van der Waals surface area (Å²) in [5, 5.41) is 0. The van der Waals surface area contributed by atoms with E-state index in [9.17, 15) is 4.39 Å². The molecule has 23 heavy (non-hydrogen) atoms. The molecule has 0 saturated carbocycles. The molecule has 0 saturated heterocycles. The lowest BCUT2D eigenvalue weighted by molar-refractivity contribution is 0.618. The molecule has 1 heteroatoms. The first kappa shape index (κ1) is 14.2. The van der Waals surface area contributed by atoms with Gasteiger partial charge in [-0.25, -0.2) is 4.39 Å². The summed E-state index contributed by atoms with van der Waals surface area (Å²) in [6.45, 7) is 6.31. The lowest BCUT2D eigenvalue weighted by atomic mass is 9.79. The largest absolute Gasteiger partial charge is 0.207 e. The summed E-state index contributed by atoms with van der Waals surface area (Å²) < 4.78 is 14.1. The van der Waals surface area contributed by atoms with E-state index < -0.39 is 0 Å². The van der Waals surface area contributed by atoms with Gasteiger partial charge in [-0.15, -0.1) is 0 Å². The van der Waals surface area contributed by atoms with Gasteiger partial charge < -0.3 is 0 Å². The molecule has 0 amide bonds. The number of benzene rings is 3. The first-order chi connectivity index (χ1) is 11.0. The van der Waals surface area contributed by atoms with Crippen LogP contribution in [0, 0.1) is 12.7 Å². The van der Waals surface area contributed by atoms with Crippen LogP contribution in [0.4, 0.5) is 4.39 Å². The van der Waals surface area contributed by atoms with E-state index in [1.54, 1.807) is 13.0 Å². The molecule has 0 unspecified atom stereocenters. The van der Waals surface area contributed by atoms with Crippen molar-refractivity contribution in [3.05, 3.63) is 83.2 Å². The molecule has 0 aliphatic heterocycles. The molecule has 0 nitrogen and oxygen atoms in total. The fourth-order valence-corrected chi connectivity index (χ4v) is 3.85. The maximum atomic E-state index is 14.1. The average Bonchev–Trinajstić information content (AvgIpc) is 2.79. The minimum Gasteiger partial charge on any atom is -0.207 e. The summed E-state index contributed by atoms with van der Waals surface area (Å²) >= 11 is 0. The third-order valence-electron chi connectivity index (χ3n) is 5.06. The summed E-state index contributed by atoms with van der Waals surface area (Å²) in [5.74, 6) is -0.145. The molecule has 0 atom stereocenters. The standard InChI is InChI=1S/C22H19F/c1-14-11-12-15(13-20(14)23)16-8-6-9-18-17-7-4-5-10-19(17)22(2,3)21(16)18/h4-13H,1-3H3. The Hall–Kier alpha value is -2.41. The number of aryl methyl sites for hydroxylation is 1. The van der Waals surface area contributed by atoms with E-state index in [1.807, 2.05) is 12.1 Å². The lowest BCUT2D eigenvalue weighted by Crippen LogP contribution is -2.16. The van der Waals surface area contributed by atoms with Crippen LogP contribution in [0.3, 0.4) is 0 Å². The topological polar surface area (TPSA) is 0 Å². The lowest BCUT2D eigenvalue weighted by Gasteiger charge is -2.24. The van der Waals surface area contributed by atoms with Gasteiger partial charge in [-0.05, 0) is 51.9 Å². The van der Waals surface area contributed by atoms with Gasteiger partial charge in [0.1, 0.15) is 5.82 Å². The number of fused-ring (bicyclic) bond motifs is 3. The second kappa shape index (κ2) is 4.79. The summed E-state index contributed by atoms with van der Waals surface area (Å²) in [7, 11) is 0. The molecule has 4 rings (SSSR count). The Kier molecular flexibility index (Phi) is 2.96. The van der Waals surface area contributed by atoms with Crippen LogP contribution in [0.2, 0.25) is 0 Å². The Balaban J connectivity index is 2.02. The van der Waals surface area contributed by atoms with E-state index >= 15 is 0 Å². The van der Waals surface area contributed by atoms with Gasteiger partial charge in [0.05, 0.1) is 0 Å². The van der Waals surface area contributed by atoms with Crippen molar-refractivity contribution in [2.45, 2.75) is 26.2 Å². The van der Waals surface area contributed by atoms with Gasteiger partial charge >= 0.3 is 0 Å². The number of halogens is 1. The van der Waals surface area contributed by atoms with Crippen molar-refractivity contribution in [1.29, 1.82) is 0 Å². The summed E-state index contributed by atoms with van der Waals surface area (Å²) in [6, 6.07) is 20.5. The molecule has 0 N–H and O–H groups in total. The molecule has 0 heterocycles. The van der Waals surface area contributed by atoms with Crippen LogP contribution >= 0.6 is 0 Å². The fourth-order valence-electron chi connectivity index (χ4n) is 3.85. The zero-order chi connectivity index (χ0) is 16.2. The zero-order valence-corrected chi connectivity index (χ0v) is 13.7. The highest BCUT2D eigenvalue weighted by Gasteiger charge is 2.37. The van der Waals surface area contributed by atoms with Crippen LogP contribution in [-0.4, -0.2) is 0 Å². The predicted molar refractivity (Wildman–Crippen MR) is 94.1 cm³/mol. The molecule has 3 aromatic rings. The second-order valence-electron chi connectivity index (χ2n) is 6.86. The Labute approximate surface area is 136 Å². The van der Waals surface area contributed by atoms with Crippen molar-refractivity contribution in [3.63, 3.8) is 0 Å². The van der Waals surface area contributed by atoms with Gasteiger partial charge in [0.25, 0.3) is 0 Å². The molecular weight excluding hydrogens is 283 g/mol. The maximum absolute atomic E-state index is 14.1. The van der Waals surface area contributed by atoms with Crippen molar-refractivity contribution in [2.24, 2.45) is 0 Å². The van der Waals surface area contributed by atoms with Gasteiger partial charge in [0, 0.05) is 5.41 Å². The molecule has 1 aliphatic carbocycles. The van der Waals surface area contributed by atoms with Crippen molar-refractivity contribution in [1.82, 2.24) is 0 Å². The molecule has 0 aromatic heterocycles. The van der Waals surface area contributed by atoms with Gasteiger partial charge in [0.2, 0.25) is 0 Å². The predicted octanol–water partition coefficient (Wildman–Crippen LogP) is 6.11. The van der Waals surface area contributed by atoms with Crippen LogP contribution < -0.4 is 0 Å². The first-order valence-electron chi connectivity index (χ1n) is 8.00. The average molecular weight is 302 g/mol. The summed E-state index contributed by atoms with van der Waals surface area (Å²) in [5.41, 5.74) is 7.88. The van der Waals surface area contributed by atoms with Crippen LogP contribution in [0.15, 0.2) is 60.7 Å². The van der Waals surface area contributed by atoms with E-state index in [0.717, 1.165) is 11.1 Å². The Bertz CT molecular complexity index is 919. The number of hydrogen-bond acceptors (Lipinski definition) is 0. The highest BCUT2D eigenvalue weighted by molar-refractivity contribution is 5.88. The van der Waals surface area contributed by atoms with Crippen LogP contribution in [-0.2, 0) is 5.41 Å². The minimum absolute atomic E-state index is 0.0795. The second-order valence-corrected chi connectivity index (χ2v) is 6.86. The minimum atomic E-state index is -0.145. The third-order valence-corrected chi connectivity index (χ3v) is 5.06. The summed E-state index contributed by atoms with van der Waals surface area (Å²) in [6.07, 6.45) is 0. The van der Waals surface area contributed by atoms with E-state index in [2.05, 4.69) is 56.3 Å². The monoisotopic (exact) mass is 302 g/mol. The Morgan fingerprint density at radius 3 is 2.26 bits per heavy atom. The van der Waals surface area contributed by atoms with E-state index in [-0.39, 0.29) is 11.2 Å². The van der Waals surface area contributed by atoms with Crippen molar-refractivity contribution in [2.75, 3.05) is 0 Å². The fraction of sp³-hybridized carbons (Fsp3) is 0.182. The van der Waals surface area contributed by atoms with Crippen molar-refractivity contribution in [3.8, 4) is 22.3 Å². The highest BCUT2D eigenvalue weighted by Crippen LogP contribution is 2.51. The van der Waals surface area contributed by atoms with Crippen LogP contribution in [0.25, 0.3) is 22.3 Å². The highest BCUT2D eigenvalue weighted by atomic mass is 19.1. The quantitative estimate of drug-likeness (QED) is 0.509. The van der Waals surface area contributed by atoms with Gasteiger partial charge in [-0.1, -0.05) is 68.4 Å². The van der Waals surface area contributed by atoms with E-state index in [1.165, 1.54) is 22.3 Å². The van der Waals surface area contributed by atoms with Crippen LogP contribution in [0.5, 0.6) is 0 Å². The molecule has 114 valence electrons. The summed E-state index contributed by atoms with van der Waals surface area (Å²) in [4.78, 5) is 0. The SMILES string of the molecule is Cc1ccc(-c2cccc3c2C(C)(C)c2ccccc2-3)cc1F. The molecule has 0 bridgehead atoms. The molecule has 0 spiro atoms.